The molecule has 1 atom stereocenters. The van der Waals surface area contributed by atoms with Crippen LogP contribution >= 0.6 is 24.0 Å². The SMILES string of the molecule is CCOC(CCNC(=NC)NCCOCCOC)C(C)C.I. The molecule has 0 fully saturated rings. The van der Waals surface area contributed by atoms with Crippen molar-refractivity contribution in [2.24, 2.45) is 10.9 Å². The lowest BCUT2D eigenvalue weighted by Crippen LogP contribution is -2.40. The van der Waals surface area contributed by atoms with Crippen LogP contribution in [-0.4, -0.2) is 65.7 Å². The number of rotatable bonds is 12. The van der Waals surface area contributed by atoms with Gasteiger partial charge in [-0.05, 0) is 19.3 Å². The molecule has 0 aliphatic carbocycles. The molecule has 134 valence electrons. The van der Waals surface area contributed by atoms with Crippen LogP contribution in [0.5, 0.6) is 0 Å². The highest BCUT2D eigenvalue weighted by Gasteiger charge is 2.12. The molecule has 2 N–H and O–H groups in total. The monoisotopic (exact) mass is 431 g/mol. The summed E-state index contributed by atoms with van der Waals surface area (Å²) in [6.07, 6.45) is 1.26. The van der Waals surface area contributed by atoms with E-state index in [1.807, 2.05) is 6.92 Å². The molecule has 1 unspecified atom stereocenters. The molecule has 0 radical (unpaired) electrons. The molecule has 0 bridgehead atoms. The summed E-state index contributed by atoms with van der Waals surface area (Å²) in [5, 5.41) is 6.51. The summed E-state index contributed by atoms with van der Waals surface area (Å²) < 4.78 is 16.0. The van der Waals surface area contributed by atoms with E-state index in [1.165, 1.54) is 0 Å². The van der Waals surface area contributed by atoms with Crippen LogP contribution in [0, 0.1) is 5.92 Å². The normalized spacial score (nSPS) is 12.9. The van der Waals surface area contributed by atoms with Gasteiger partial charge in [-0.1, -0.05) is 13.8 Å². The van der Waals surface area contributed by atoms with Gasteiger partial charge in [-0.25, -0.2) is 0 Å². The second-order valence-corrected chi connectivity index (χ2v) is 5.06. The van der Waals surface area contributed by atoms with E-state index in [1.54, 1.807) is 14.2 Å². The Morgan fingerprint density at radius 1 is 1.09 bits per heavy atom. The summed E-state index contributed by atoms with van der Waals surface area (Å²) in [7, 11) is 3.43. The number of nitrogens with zero attached hydrogens (tertiary/aromatic N) is 1. The number of nitrogens with one attached hydrogen (secondary N) is 2. The lowest BCUT2D eigenvalue weighted by Gasteiger charge is -2.21. The molecular formula is C15H34IN3O3. The molecule has 22 heavy (non-hydrogen) atoms. The summed E-state index contributed by atoms with van der Waals surface area (Å²) in [5.74, 6) is 1.32. The fourth-order valence-electron chi connectivity index (χ4n) is 1.86. The van der Waals surface area contributed by atoms with Crippen molar-refractivity contribution in [1.82, 2.24) is 10.6 Å². The Kier molecular flexibility index (Phi) is 18.9. The molecule has 0 saturated heterocycles. The smallest absolute Gasteiger partial charge is 0.191 e. The van der Waals surface area contributed by atoms with Crippen LogP contribution in [0.4, 0.5) is 0 Å². The third-order valence-electron chi connectivity index (χ3n) is 3.04. The Morgan fingerprint density at radius 2 is 1.77 bits per heavy atom. The van der Waals surface area contributed by atoms with Crippen LogP contribution in [0.1, 0.15) is 27.2 Å². The lowest BCUT2D eigenvalue weighted by atomic mass is 10.0. The van der Waals surface area contributed by atoms with Crippen LogP contribution in [0.25, 0.3) is 0 Å². The quantitative estimate of drug-likeness (QED) is 0.214. The Bertz CT molecular complexity index is 266. The van der Waals surface area contributed by atoms with E-state index < -0.39 is 0 Å². The molecule has 0 rings (SSSR count). The molecule has 0 heterocycles. The van der Waals surface area contributed by atoms with Crippen LogP contribution in [-0.2, 0) is 14.2 Å². The Hall–Kier alpha value is -0.120. The Morgan fingerprint density at radius 3 is 2.32 bits per heavy atom. The van der Waals surface area contributed by atoms with E-state index in [4.69, 9.17) is 14.2 Å². The number of aliphatic imine (C=N–C) groups is 1. The van der Waals surface area contributed by atoms with Gasteiger partial charge < -0.3 is 24.8 Å². The zero-order valence-electron chi connectivity index (χ0n) is 14.7. The fourth-order valence-corrected chi connectivity index (χ4v) is 1.86. The molecule has 6 nitrogen and oxygen atoms in total. The van der Waals surface area contributed by atoms with Gasteiger partial charge in [0.2, 0.25) is 0 Å². The molecule has 0 aromatic rings. The van der Waals surface area contributed by atoms with Crippen molar-refractivity contribution in [2.75, 3.05) is 53.7 Å². The molecule has 0 aromatic carbocycles. The van der Waals surface area contributed by atoms with Crippen molar-refractivity contribution >= 4 is 29.9 Å². The summed E-state index contributed by atoms with van der Waals surface area (Å²) >= 11 is 0. The van der Waals surface area contributed by atoms with Crippen molar-refractivity contribution in [1.29, 1.82) is 0 Å². The highest BCUT2D eigenvalue weighted by molar-refractivity contribution is 14.0. The van der Waals surface area contributed by atoms with Gasteiger partial charge >= 0.3 is 0 Å². The average molecular weight is 431 g/mol. The molecule has 0 spiro atoms. The first-order valence-electron chi connectivity index (χ1n) is 7.78. The fraction of sp³-hybridized carbons (Fsp3) is 0.933. The highest BCUT2D eigenvalue weighted by Crippen LogP contribution is 2.09. The minimum atomic E-state index is 0. The van der Waals surface area contributed by atoms with Crippen LogP contribution < -0.4 is 10.6 Å². The van der Waals surface area contributed by atoms with Crippen molar-refractivity contribution in [3.05, 3.63) is 0 Å². The number of ether oxygens (including phenoxy) is 3. The first kappa shape index (κ1) is 24.1. The maximum atomic E-state index is 5.72. The predicted octanol–water partition coefficient (Wildman–Crippen LogP) is 1.88. The van der Waals surface area contributed by atoms with Gasteiger partial charge in [0, 0.05) is 33.9 Å². The van der Waals surface area contributed by atoms with Crippen molar-refractivity contribution < 1.29 is 14.2 Å². The van der Waals surface area contributed by atoms with E-state index in [-0.39, 0.29) is 30.1 Å². The summed E-state index contributed by atoms with van der Waals surface area (Å²) in [6, 6.07) is 0. The van der Waals surface area contributed by atoms with E-state index >= 15 is 0 Å². The molecular weight excluding hydrogens is 397 g/mol. The molecule has 7 heteroatoms. The molecule has 0 saturated carbocycles. The predicted molar refractivity (Wildman–Crippen MR) is 102 cm³/mol. The largest absolute Gasteiger partial charge is 0.382 e. The third kappa shape index (κ3) is 13.5. The number of hydrogen-bond donors (Lipinski definition) is 2. The van der Waals surface area contributed by atoms with Gasteiger partial charge in [-0.2, -0.15) is 0 Å². The van der Waals surface area contributed by atoms with Crippen molar-refractivity contribution in [3.8, 4) is 0 Å². The minimum absolute atomic E-state index is 0. The average Bonchev–Trinajstić information content (AvgIpc) is 2.47. The number of guanidine groups is 1. The zero-order chi connectivity index (χ0) is 15.9. The Labute approximate surface area is 152 Å². The number of methoxy groups -OCH3 is 1. The summed E-state index contributed by atoms with van der Waals surface area (Å²) in [4.78, 5) is 4.18. The van der Waals surface area contributed by atoms with Crippen LogP contribution in [0.15, 0.2) is 4.99 Å². The topological polar surface area (TPSA) is 64.1 Å². The zero-order valence-corrected chi connectivity index (χ0v) is 17.0. The van der Waals surface area contributed by atoms with Gasteiger partial charge in [0.25, 0.3) is 0 Å². The number of halogens is 1. The molecule has 0 aliphatic rings. The van der Waals surface area contributed by atoms with Gasteiger partial charge in [0.1, 0.15) is 0 Å². The van der Waals surface area contributed by atoms with Gasteiger partial charge in [0.05, 0.1) is 25.9 Å². The van der Waals surface area contributed by atoms with Crippen LogP contribution in [0.3, 0.4) is 0 Å². The van der Waals surface area contributed by atoms with E-state index in [0.717, 1.165) is 32.1 Å². The first-order chi connectivity index (χ1) is 10.2. The second-order valence-electron chi connectivity index (χ2n) is 5.06. The van der Waals surface area contributed by atoms with E-state index in [0.29, 0.717) is 25.7 Å². The minimum Gasteiger partial charge on any atom is -0.382 e. The second kappa shape index (κ2) is 17.2. The van der Waals surface area contributed by atoms with Crippen LogP contribution in [0.2, 0.25) is 0 Å². The Balaban J connectivity index is 0. The number of hydrogen-bond acceptors (Lipinski definition) is 4. The molecule has 0 amide bonds. The first-order valence-corrected chi connectivity index (χ1v) is 7.78. The van der Waals surface area contributed by atoms with Gasteiger partial charge in [-0.3, -0.25) is 4.99 Å². The lowest BCUT2D eigenvalue weighted by molar-refractivity contribution is 0.0258. The van der Waals surface area contributed by atoms with Gasteiger partial charge in [0.15, 0.2) is 5.96 Å². The molecule has 0 aromatic heterocycles. The summed E-state index contributed by atoms with van der Waals surface area (Å²) in [5.41, 5.74) is 0. The van der Waals surface area contributed by atoms with E-state index in [9.17, 15) is 0 Å². The standard InChI is InChI=1S/C15H33N3O3.HI/c1-6-21-14(13(2)3)7-8-17-15(16-4)18-9-10-20-12-11-19-5;/h13-14H,6-12H2,1-5H3,(H2,16,17,18);1H. The highest BCUT2D eigenvalue weighted by atomic mass is 127. The molecule has 0 aliphatic heterocycles. The maximum Gasteiger partial charge on any atom is 0.191 e. The van der Waals surface area contributed by atoms with E-state index in [2.05, 4.69) is 29.5 Å². The van der Waals surface area contributed by atoms with Gasteiger partial charge in [-0.15, -0.1) is 24.0 Å². The maximum absolute atomic E-state index is 5.72. The van der Waals surface area contributed by atoms with Crippen molar-refractivity contribution in [3.63, 3.8) is 0 Å². The summed E-state index contributed by atoms with van der Waals surface area (Å²) in [6.45, 7) is 10.6. The van der Waals surface area contributed by atoms with Crippen molar-refractivity contribution in [2.45, 2.75) is 33.3 Å². The third-order valence-corrected chi connectivity index (χ3v) is 3.04.